The SMILES string of the molecule is COc1ccc(Cl)cc1CC(C(C)=O)C(C)C. The maximum absolute atomic E-state index is 11.6. The van der Waals surface area contributed by atoms with Crippen LogP contribution in [0.3, 0.4) is 0 Å². The first-order chi connectivity index (χ1) is 7.95. The van der Waals surface area contributed by atoms with Crippen LogP contribution >= 0.6 is 11.6 Å². The van der Waals surface area contributed by atoms with Crippen LogP contribution in [-0.2, 0) is 11.2 Å². The number of rotatable bonds is 5. The van der Waals surface area contributed by atoms with Crippen LogP contribution in [0.4, 0.5) is 0 Å². The number of carbonyl (C=O) groups excluding carboxylic acids is 1. The lowest BCUT2D eigenvalue weighted by Gasteiger charge is -2.19. The molecule has 0 N–H and O–H groups in total. The van der Waals surface area contributed by atoms with Crippen LogP contribution in [0.2, 0.25) is 5.02 Å². The Bertz CT molecular complexity index is 399. The van der Waals surface area contributed by atoms with Crippen LogP contribution in [-0.4, -0.2) is 12.9 Å². The highest BCUT2D eigenvalue weighted by Crippen LogP contribution is 2.27. The van der Waals surface area contributed by atoms with E-state index in [-0.39, 0.29) is 11.7 Å². The Morgan fingerprint density at radius 3 is 2.53 bits per heavy atom. The molecule has 0 aliphatic carbocycles. The van der Waals surface area contributed by atoms with Gasteiger partial charge in [-0.05, 0) is 43.0 Å². The highest BCUT2D eigenvalue weighted by Gasteiger charge is 2.20. The largest absolute Gasteiger partial charge is 0.496 e. The quantitative estimate of drug-likeness (QED) is 0.800. The average molecular weight is 255 g/mol. The van der Waals surface area contributed by atoms with Gasteiger partial charge in [-0.1, -0.05) is 25.4 Å². The Balaban J connectivity index is 2.99. The summed E-state index contributed by atoms with van der Waals surface area (Å²) >= 11 is 5.98. The third-order valence-electron chi connectivity index (χ3n) is 3.01. The summed E-state index contributed by atoms with van der Waals surface area (Å²) in [5.41, 5.74) is 0.994. The number of hydrogen-bond acceptors (Lipinski definition) is 2. The second kappa shape index (κ2) is 6.06. The summed E-state index contributed by atoms with van der Waals surface area (Å²) in [6.45, 7) is 5.76. The number of Topliss-reactive ketones (excluding diaryl/α,β-unsaturated/α-hetero) is 1. The zero-order valence-corrected chi connectivity index (χ0v) is 11.5. The first-order valence-corrected chi connectivity index (χ1v) is 6.16. The normalized spacial score (nSPS) is 12.6. The van der Waals surface area contributed by atoms with Crippen LogP contribution in [0.25, 0.3) is 0 Å². The molecule has 0 saturated carbocycles. The van der Waals surface area contributed by atoms with Crippen LogP contribution in [0, 0.1) is 11.8 Å². The lowest BCUT2D eigenvalue weighted by Crippen LogP contribution is -2.20. The molecule has 0 spiro atoms. The molecule has 0 radical (unpaired) electrons. The third kappa shape index (κ3) is 3.74. The average Bonchev–Trinajstić information content (AvgIpc) is 2.25. The highest BCUT2D eigenvalue weighted by molar-refractivity contribution is 6.30. The molecule has 1 aromatic carbocycles. The van der Waals surface area contributed by atoms with Gasteiger partial charge in [-0.3, -0.25) is 4.79 Å². The van der Waals surface area contributed by atoms with Gasteiger partial charge in [0.15, 0.2) is 0 Å². The van der Waals surface area contributed by atoms with E-state index in [1.807, 2.05) is 12.1 Å². The molecule has 94 valence electrons. The van der Waals surface area contributed by atoms with Crippen LogP contribution in [0.5, 0.6) is 5.75 Å². The minimum absolute atomic E-state index is 0.0161. The molecule has 0 fully saturated rings. The molecule has 0 heterocycles. The zero-order valence-electron chi connectivity index (χ0n) is 10.8. The first-order valence-electron chi connectivity index (χ1n) is 5.78. The molecule has 2 nitrogen and oxygen atoms in total. The van der Waals surface area contributed by atoms with Gasteiger partial charge >= 0.3 is 0 Å². The van der Waals surface area contributed by atoms with Crippen LogP contribution in [0.15, 0.2) is 18.2 Å². The molecule has 17 heavy (non-hydrogen) atoms. The molecule has 0 amide bonds. The smallest absolute Gasteiger partial charge is 0.133 e. The Kier molecular flexibility index (Phi) is 5.01. The van der Waals surface area contributed by atoms with E-state index in [1.54, 1.807) is 20.1 Å². The molecule has 1 aromatic rings. The van der Waals surface area contributed by atoms with Crippen LogP contribution < -0.4 is 4.74 Å². The van der Waals surface area contributed by atoms with Crippen molar-refractivity contribution in [3.8, 4) is 5.75 Å². The molecule has 0 bridgehead atoms. The van der Waals surface area contributed by atoms with E-state index < -0.39 is 0 Å². The lowest BCUT2D eigenvalue weighted by atomic mass is 9.86. The van der Waals surface area contributed by atoms with Crippen molar-refractivity contribution in [1.82, 2.24) is 0 Å². The highest BCUT2D eigenvalue weighted by atomic mass is 35.5. The van der Waals surface area contributed by atoms with E-state index in [2.05, 4.69) is 13.8 Å². The summed E-state index contributed by atoms with van der Waals surface area (Å²) in [4.78, 5) is 11.6. The topological polar surface area (TPSA) is 26.3 Å². The Hall–Kier alpha value is -1.02. The van der Waals surface area contributed by atoms with Crippen LogP contribution in [0.1, 0.15) is 26.3 Å². The van der Waals surface area contributed by atoms with E-state index in [0.717, 1.165) is 11.3 Å². The van der Waals surface area contributed by atoms with Crippen molar-refractivity contribution in [3.05, 3.63) is 28.8 Å². The predicted molar refractivity (Wildman–Crippen MR) is 70.7 cm³/mol. The monoisotopic (exact) mass is 254 g/mol. The molecule has 1 atom stereocenters. The fourth-order valence-electron chi connectivity index (χ4n) is 1.99. The van der Waals surface area contributed by atoms with Crippen molar-refractivity contribution in [2.45, 2.75) is 27.2 Å². The van der Waals surface area contributed by atoms with Gasteiger partial charge in [0.25, 0.3) is 0 Å². The fraction of sp³-hybridized carbons (Fsp3) is 0.500. The summed E-state index contributed by atoms with van der Waals surface area (Å²) in [7, 11) is 1.63. The Morgan fingerprint density at radius 1 is 1.41 bits per heavy atom. The Labute approximate surface area is 108 Å². The van der Waals surface area contributed by atoms with Gasteiger partial charge < -0.3 is 4.74 Å². The molecule has 3 heteroatoms. The molecule has 0 aliphatic rings. The minimum Gasteiger partial charge on any atom is -0.496 e. The number of ketones is 1. The van der Waals surface area contributed by atoms with Crippen molar-refractivity contribution in [3.63, 3.8) is 0 Å². The van der Waals surface area contributed by atoms with Gasteiger partial charge in [0.1, 0.15) is 11.5 Å². The molecule has 0 aliphatic heterocycles. The fourth-order valence-corrected chi connectivity index (χ4v) is 2.19. The summed E-state index contributed by atoms with van der Waals surface area (Å²) in [6.07, 6.45) is 0.677. The van der Waals surface area contributed by atoms with Gasteiger partial charge in [0, 0.05) is 10.9 Å². The lowest BCUT2D eigenvalue weighted by molar-refractivity contribution is -0.121. The predicted octanol–water partition coefficient (Wildman–Crippen LogP) is 3.75. The third-order valence-corrected chi connectivity index (χ3v) is 3.24. The maximum Gasteiger partial charge on any atom is 0.133 e. The van der Waals surface area contributed by atoms with E-state index in [0.29, 0.717) is 17.4 Å². The summed E-state index contributed by atoms with van der Waals surface area (Å²) in [5.74, 6) is 1.34. The molecule has 0 aromatic heterocycles. The molecule has 1 rings (SSSR count). The molecule has 0 saturated heterocycles. The van der Waals surface area contributed by atoms with Crippen molar-refractivity contribution in [1.29, 1.82) is 0 Å². The van der Waals surface area contributed by atoms with Crippen molar-refractivity contribution >= 4 is 17.4 Å². The number of benzene rings is 1. The van der Waals surface area contributed by atoms with Gasteiger partial charge in [-0.25, -0.2) is 0 Å². The number of methoxy groups -OCH3 is 1. The van der Waals surface area contributed by atoms with Crippen molar-refractivity contribution in [2.24, 2.45) is 11.8 Å². The van der Waals surface area contributed by atoms with Gasteiger partial charge in [-0.2, -0.15) is 0 Å². The van der Waals surface area contributed by atoms with E-state index >= 15 is 0 Å². The van der Waals surface area contributed by atoms with E-state index in [4.69, 9.17) is 16.3 Å². The molecular weight excluding hydrogens is 236 g/mol. The molecule has 1 unspecified atom stereocenters. The summed E-state index contributed by atoms with van der Waals surface area (Å²) in [5, 5.41) is 0.673. The second-order valence-corrected chi connectivity index (χ2v) is 5.06. The number of hydrogen-bond donors (Lipinski definition) is 0. The number of carbonyl (C=O) groups is 1. The number of halogens is 1. The summed E-state index contributed by atoms with van der Waals surface area (Å²) in [6, 6.07) is 5.51. The van der Waals surface area contributed by atoms with Gasteiger partial charge in [0.2, 0.25) is 0 Å². The van der Waals surface area contributed by atoms with Gasteiger partial charge in [-0.15, -0.1) is 0 Å². The second-order valence-electron chi connectivity index (χ2n) is 4.62. The maximum atomic E-state index is 11.6. The van der Waals surface area contributed by atoms with E-state index in [1.165, 1.54) is 0 Å². The molecular formula is C14H19ClO2. The first kappa shape index (κ1) is 14.0. The Morgan fingerprint density at radius 2 is 2.06 bits per heavy atom. The number of ether oxygens (including phenoxy) is 1. The van der Waals surface area contributed by atoms with Crippen molar-refractivity contribution in [2.75, 3.05) is 7.11 Å². The van der Waals surface area contributed by atoms with Crippen molar-refractivity contribution < 1.29 is 9.53 Å². The minimum atomic E-state index is 0.0161. The van der Waals surface area contributed by atoms with E-state index in [9.17, 15) is 4.79 Å². The standard InChI is InChI=1S/C14H19ClO2/c1-9(2)13(10(3)16)8-11-7-12(15)5-6-14(11)17-4/h5-7,9,13H,8H2,1-4H3. The summed E-state index contributed by atoms with van der Waals surface area (Å²) < 4.78 is 5.29. The zero-order chi connectivity index (χ0) is 13.0. The van der Waals surface area contributed by atoms with Gasteiger partial charge in [0.05, 0.1) is 7.11 Å².